The fourth-order valence-corrected chi connectivity index (χ4v) is 2.82. The molecule has 3 aromatic rings. The zero-order valence-corrected chi connectivity index (χ0v) is 15.3. The maximum atomic E-state index is 12.5. The molecule has 0 aliphatic heterocycles. The Morgan fingerprint density at radius 1 is 1.26 bits per heavy atom. The van der Waals surface area contributed by atoms with E-state index >= 15 is 0 Å². The van der Waals surface area contributed by atoms with Gasteiger partial charge in [0, 0.05) is 25.2 Å². The number of aromatic nitrogens is 4. The largest absolute Gasteiger partial charge is 0.478 e. The Hall–Kier alpha value is -3.42. The summed E-state index contributed by atoms with van der Waals surface area (Å²) in [6, 6.07) is 7.05. The van der Waals surface area contributed by atoms with Crippen molar-refractivity contribution < 1.29 is 9.90 Å². The van der Waals surface area contributed by atoms with Crippen molar-refractivity contribution >= 4 is 23.2 Å². The Balaban J connectivity index is 2.11. The van der Waals surface area contributed by atoms with Gasteiger partial charge in [0.1, 0.15) is 11.3 Å². The van der Waals surface area contributed by atoms with Crippen molar-refractivity contribution in [2.75, 3.05) is 0 Å². The van der Waals surface area contributed by atoms with Gasteiger partial charge in [-0.1, -0.05) is 38.1 Å². The van der Waals surface area contributed by atoms with Gasteiger partial charge in [0.05, 0.1) is 0 Å². The fraction of sp³-hybridized carbons (Fsp3) is 0.263. The van der Waals surface area contributed by atoms with Gasteiger partial charge < -0.3 is 10.1 Å². The molecule has 1 aromatic carbocycles. The summed E-state index contributed by atoms with van der Waals surface area (Å²) in [6.45, 7) is 4.42. The number of benzene rings is 1. The molecule has 3 rings (SSSR count). The molecule has 0 saturated carbocycles. The zero-order valence-electron chi connectivity index (χ0n) is 15.3. The summed E-state index contributed by atoms with van der Waals surface area (Å²) in [4.78, 5) is 43.0. The number of nitrogens with one attached hydrogen (secondary N) is 1. The van der Waals surface area contributed by atoms with Gasteiger partial charge in [-0.2, -0.15) is 0 Å². The molecular weight excluding hydrogens is 348 g/mol. The number of hydrogen-bond donors (Lipinski definition) is 2. The van der Waals surface area contributed by atoms with Gasteiger partial charge in [-0.3, -0.25) is 13.9 Å². The van der Waals surface area contributed by atoms with Gasteiger partial charge in [0.2, 0.25) is 0 Å². The molecule has 140 valence electrons. The number of aliphatic carboxylic acids is 1. The summed E-state index contributed by atoms with van der Waals surface area (Å²) in [5.74, 6) is -0.335. The molecule has 0 aliphatic rings. The SMILES string of the molecule is CC(C)Cn1c(=O)n(C)c(=O)c2[nH]c(-c3ccc(/C=C/C(=O)O)cc3)nc21. The van der Waals surface area contributed by atoms with E-state index in [2.05, 4.69) is 9.97 Å². The number of imidazole rings is 1. The number of rotatable bonds is 5. The molecule has 0 atom stereocenters. The first-order chi connectivity index (χ1) is 12.8. The summed E-state index contributed by atoms with van der Waals surface area (Å²) in [6.07, 6.45) is 2.55. The summed E-state index contributed by atoms with van der Waals surface area (Å²) < 4.78 is 2.58. The second-order valence-corrected chi connectivity index (χ2v) is 6.73. The lowest BCUT2D eigenvalue weighted by molar-refractivity contribution is -0.131. The molecule has 2 aromatic heterocycles. The van der Waals surface area contributed by atoms with Gasteiger partial charge in [-0.15, -0.1) is 0 Å². The Bertz CT molecular complexity index is 1150. The van der Waals surface area contributed by atoms with Crippen LogP contribution in [0, 0.1) is 5.92 Å². The van der Waals surface area contributed by atoms with Crippen molar-refractivity contribution in [3.63, 3.8) is 0 Å². The topological polar surface area (TPSA) is 110 Å². The molecule has 0 saturated heterocycles. The van der Waals surface area contributed by atoms with Crippen LogP contribution in [-0.2, 0) is 18.4 Å². The van der Waals surface area contributed by atoms with Crippen molar-refractivity contribution in [3.8, 4) is 11.4 Å². The van der Waals surface area contributed by atoms with Crippen molar-refractivity contribution in [1.29, 1.82) is 0 Å². The average molecular weight is 368 g/mol. The van der Waals surface area contributed by atoms with Gasteiger partial charge in [0.25, 0.3) is 5.56 Å². The first-order valence-electron chi connectivity index (χ1n) is 8.49. The number of H-pyrrole nitrogens is 1. The maximum Gasteiger partial charge on any atom is 0.332 e. The number of hydrogen-bond acceptors (Lipinski definition) is 4. The van der Waals surface area contributed by atoms with Gasteiger partial charge in [-0.05, 0) is 17.6 Å². The predicted octanol–water partition coefficient (Wildman–Crippen LogP) is 1.84. The summed E-state index contributed by atoms with van der Waals surface area (Å²) in [5, 5.41) is 8.69. The van der Waals surface area contributed by atoms with Gasteiger partial charge in [-0.25, -0.2) is 14.6 Å². The number of fused-ring (bicyclic) bond motifs is 1. The third kappa shape index (κ3) is 3.59. The van der Waals surface area contributed by atoms with Crippen molar-refractivity contribution in [2.24, 2.45) is 13.0 Å². The van der Waals surface area contributed by atoms with Crippen molar-refractivity contribution in [1.82, 2.24) is 19.1 Å². The number of carbonyl (C=O) groups is 1. The predicted molar refractivity (Wildman–Crippen MR) is 103 cm³/mol. The van der Waals surface area contributed by atoms with Crippen LogP contribution >= 0.6 is 0 Å². The second-order valence-electron chi connectivity index (χ2n) is 6.73. The van der Waals surface area contributed by atoms with Crippen LogP contribution in [0.25, 0.3) is 28.6 Å². The van der Waals surface area contributed by atoms with E-state index in [1.165, 1.54) is 17.7 Å². The van der Waals surface area contributed by atoms with E-state index < -0.39 is 17.2 Å². The minimum Gasteiger partial charge on any atom is -0.478 e. The highest BCUT2D eigenvalue weighted by atomic mass is 16.4. The molecule has 2 heterocycles. The van der Waals surface area contributed by atoms with Crippen LogP contribution in [0.15, 0.2) is 39.9 Å². The third-order valence-corrected chi connectivity index (χ3v) is 4.13. The Labute approximate surface area is 154 Å². The zero-order chi connectivity index (χ0) is 19.7. The Morgan fingerprint density at radius 2 is 1.93 bits per heavy atom. The standard InChI is InChI=1S/C19H20N4O4/c1-11(2)10-23-17-15(18(26)22(3)19(23)27)20-16(21-17)13-7-4-12(5-8-13)6-9-14(24)25/h4-9,11H,10H2,1-3H3,(H,20,21)(H,24,25)/b9-6+. The summed E-state index contributed by atoms with van der Waals surface area (Å²) >= 11 is 0. The highest BCUT2D eigenvalue weighted by Crippen LogP contribution is 2.19. The second kappa shape index (κ2) is 7.06. The van der Waals surface area contributed by atoms with E-state index in [0.717, 1.165) is 21.8 Å². The molecule has 8 heteroatoms. The maximum absolute atomic E-state index is 12.5. The van der Waals surface area contributed by atoms with Crippen LogP contribution < -0.4 is 11.2 Å². The lowest BCUT2D eigenvalue weighted by atomic mass is 10.1. The summed E-state index contributed by atoms with van der Waals surface area (Å²) in [5.41, 5.74) is 1.25. The molecule has 0 bridgehead atoms. The molecule has 27 heavy (non-hydrogen) atoms. The quantitative estimate of drug-likeness (QED) is 0.668. The van der Waals surface area contributed by atoms with Crippen LogP contribution in [0.1, 0.15) is 19.4 Å². The van der Waals surface area contributed by atoms with Gasteiger partial charge in [0.15, 0.2) is 5.65 Å². The molecule has 8 nitrogen and oxygen atoms in total. The monoisotopic (exact) mass is 368 g/mol. The average Bonchev–Trinajstić information content (AvgIpc) is 3.07. The molecule has 0 unspecified atom stereocenters. The first kappa shape index (κ1) is 18.4. The Kier molecular flexibility index (Phi) is 4.81. The fourth-order valence-electron chi connectivity index (χ4n) is 2.82. The highest BCUT2D eigenvalue weighted by Gasteiger charge is 2.17. The van der Waals surface area contributed by atoms with Crippen LogP contribution in [0.4, 0.5) is 0 Å². The van der Waals surface area contributed by atoms with Gasteiger partial charge >= 0.3 is 11.7 Å². The first-order valence-corrected chi connectivity index (χ1v) is 8.49. The summed E-state index contributed by atoms with van der Waals surface area (Å²) in [7, 11) is 1.45. The molecular formula is C19H20N4O4. The normalized spacial score (nSPS) is 11.7. The van der Waals surface area contributed by atoms with Crippen LogP contribution in [0.3, 0.4) is 0 Å². The van der Waals surface area contributed by atoms with Crippen LogP contribution in [0.5, 0.6) is 0 Å². The molecule has 0 aliphatic carbocycles. The molecule has 0 spiro atoms. The van der Waals surface area contributed by atoms with E-state index in [0.29, 0.717) is 18.0 Å². The molecule has 0 fully saturated rings. The number of aromatic amines is 1. The molecule has 2 N–H and O–H groups in total. The lowest BCUT2D eigenvalue weighted by Crippen LogP contribution is -2.38. The smallest absolute Gasteiger partial charge is 0.332 e. The third-order valence-electron chi connectivity index (χ3n) is 4.13. The van der Waals surface area contributed by atoms with E-state index in [1.807, 2.05) is 13.8 Å². The lowest BCUT2D eigenvalue weighted by Gasteiger charge is -2.10. The minimum absolute atomic E-state index is 0.212. The molecule has 0 amide bonds. The number of carboxylic acids is 1. The van der Waals surface area contributed by atoms with E-state index in [-0.39, 0.29) is 11.4 Å². The van der Waals surface area contributed by atoms with Crippen LogP contribution in [0.2, 0.25) is 0 Å². The minimum atomic E-state index is -1.02. The van der Waals surface area contributed by atoms with E-state index in [4.69, 9.17) is 5.11 Å². The number of carboxylic acid groups (broad SMARTS) is 1. The number of nitrogens with zero attached hydrogens (tertiary/aromatic N) is 3. The van der Waals surface area contributed by atoms with Crippen LogP contribution in [-0.4, -0.2) is 30.2 Å². The Morgan fingerprint density at radius 3 is 2.52 bits per heavy atom. The van der Waals surface area contributed by atoms with Crippen molar-refractivity contribution in [3.05, 3.63) is 56.7 Å². The van der Waals surface area contributed by atoms with E-state index in [9.17, 15) is 14.4 Å². The molecule has 0 radical (unpaired) electrons. The highest BCUT2D eigenvalue weighted by molar-refractivity contribution is 5.85. The van der Waals surface area contributed by atoms with Crippen molar-refractivity contribution in [2.45, 2.75) is 20.4 Å². The van der Waals surface area contributed by atoms with E-state index in [1.54, 1.807) is 24.3 Å².